The zero-order chi connectivity index (χ0) is 16.8. The van der Waals surface area contributed by atoms with Gasteiger partial charge in [-0.15, -0.1) is 0 Å². The van der Waals surface area contributed by atoms with Gasteiger partial charge in [0, 0.05) is 25.2 Å². The van der Waals surface area contributed by atoms with Crippen LogP contribution in [0.2, 0.25) is 0 Å². The minimum Gasteiger partial charge on any atom is -0.477 e. The Labute approximate surface area is 132 Å². The molecule has 2 rings (SSSR count). The van der Waals surface area contributed by atoms with E-state index in [9.17, 15) is 19.3 Å². The van der Waals surface area contributed by atoms with E-state index in [-0.39, 0.29) is 24.6 Å². The summed E-state index contributed by atoms with van der Waals surface area (Å²) in [6.07, 6.45) is 0. The number of nitro benzene ring substituents is 1. The predicted octanol–water partition coefficient (Wildman–Crippen LogP) is 2.77. The molecule has 0 unspecified atom stereocenters. The molecule has 0 heterocycles. The number of rotatable bonds is 6. The summed E-state index contributed by atoms with van der Waals surface area (Å²) >= 11 is 0. The van der Waals surface area contributed by atoms with E-state index < -0.39 is 16.6 Å². The zero-order valence-electron chi connectivity index (χ0n) is 12.4. The van der Waals surface area contributed by atoms with Crippen molar-refractivity contribution >= 4 is 11.6 Å². The van der Waals surface area contributed by atoms with Gasteiger partial charge in [0.15, 0.2) is 12.4 Å². The Bertz CT molecular complexity index is 721. The molecule has 7 heteroatoms. The Balaban J connectivity index is 1.97. The van der Waals surface area contributed by atoms with Crippen LogP contribution in [0.4, 0.5) is 10.1 Å². The number of carbonyl (C=O) groups excluding carboxylic acids is 1. The smallest absolute Gasteiger partial charge is 0.310 e. The number of benzene rings is 2. The molecule has 0 bridgehead atoms. The third kappa shape index (κ3) is 4.26. The molecule has 6 nitrogen and oxygen atoms in total. The van der Waals surface area contributed by atoms with Crippen LogP contribution in [0.3, 0.4) is 0 Å². The van der Waals surface area contributed by atoms with E-state index in [1.54, 1.807) is 24.3 Å². The lowest BCUT2D eigenvalue weighted by Crippen LogP contribution is -2.31. The number of halogens is 1. The Morgan fingerprint density at radius 2 is 1.87 bits per heavy atom. The van der Waals surface area contributed by atoms with Crippen LogP contribution < -0.4 is 4.74 Å². The predicted molar refractivity (Wildman–Crippen MR) is 81.5 cm³/mol. The van der Waals surface area contributed by atoms with Crippen molar-refractivity contribution in [2.75, 3.05) is 13.7 Å². The second-order valence-electron chi connectivity index (χ2n) is 4.85. The monoisotopic (exact) mass is 318 g/mol. The number of amides is 1. The summed E-state index contributed by atoms with van der Waals surface area (Å²) in [4.78, 5) is 23.6. The number of likely N-dealkylation sites (N-methyl/N-ethyl adjacent to an activating group) is 1. The topological polar surface area (TPSA) is 72.7 Å². The van der Waals surface area contributed by atoms with Crippen molar-refractivity contribution in [1.82, 2.24) is 4.90 Å². The van der Waals surface area contributed by atoms with E-state index in [0.29, 0.717) is 5.56 Å². The van der Waals surface area contributed by atoms with Gasteiger partial charge in [-0.05, 0) is 12.1 Å². The average molecular weight is 318 g/mol. The van der Waals surface area contributed by atoms with Crippen molar-refractivity contribution in [2.45, 2.75) is 6.54 Å². The maximum absolute atomic E-state index is 13.6. The quantitative estimate of drug-likeness (QED) is 0.606. The van der Waals surface area contributed by atoms with E-state index in [1.807, 2.05) is 0 Å². The molecule has 0 saturated heterocycles. The van der Waals surface area contributed by atoms with Crippen molar-refractivity contribution in [3.8, 4) is 5.75 Å². The van der Waals surface area contributed by atoms with E-state index in [1.165, 1.54) is 36.2 Å². The first kappa shape index (κ1) is 16.4. The first-order valence-electron chi connectivity index (χ1n) is 6.82. The van der Waals surface area contributed by atoms with Gasteiger partial charge < -0.3 is 9.64 Å². The molecular formula is C16H15FN2O4. The number of para-hydroxylation sites is 2. The van der Waals surface area contributed by atoms with Crippen molar-refractivity contribution in [3.05, 3.63) is 70.0 Å². The summed E-state index contributed by atoms with van der Waals surface area (Å²) in [5.41, 5.74) is 0.172. The van der Waals surface area contributed by atoms with Gasteiger partial charge in [-0.25, -0.2) is 4.39 Å². The summed E-state index contributed by atoms with van der Waals surface area (Å²) in [5, 5.41) is 10.9. The molecule has 0 saturated carbocycles. The molecular weight excluding hydrogens is 303 g/mol. The number of nitro groups is 1. The summed E-state index contributed by atoms with van der Waals surface area (Å²) in [6, 6.07) is 12.0. The Morgan fingerprint density at radius 1 is 1.22 bits per heavy atom. The van der Waals surface area contributed by atoms with Crippen LogP contribution in [0, 0.1) is 15.9 Å². The molecule has 0 N–H and O–H groups in total. The molecule has 0 aliphatic carbocycles. The van der Waals surface area contributed by atoms with Gasteiger partial charge in [0.1, 0.15) is 5.82 Å². The zero-order valence-corrected chi connectivity index (χ0v) is 12.4. The van der Waals surface area contributed by atoms with Crippen molar-refractivity contribution in [3.63, 3.8) is 0 Å². The number of carbonyl (C=O) groups is 1. The van der Waals surface area contributed by atoms with E-state index >= 15 is 0 Å². The summed E-state index contributed by atoms with van der Waals surface area (Å²) in [6.45, 7) is -0.276. The Kier molecular flexibility index (Phi) is 5.24. The molecule has 0 fully saturated rings. The van der Waals surface area contributed by atoms with E-state index in [2.05, 4.69) is 0 Å². The van der Waals surface area contributed by atoms with Gasteiger partial charge >= 0.3 is 5.69 Å². The van der Waals surface area contributed by atoms with Crippen LogP contribution in [0.1, 0.15) is 5.56 Å². The summed E-state index contributed by atoms with van der Waals surface area (Å²) in [5.74, 6) is -0.789. The fourth-order valence-corrected chi connectivity index (χ4v) is 1.95. The molecule has 0 radical (unpaired) electrons. The van der Waals surface area contributed by atoms with Crippen molar-refractivity contribution in [2.24, 2.45) is 0 Å². The van der Waals surface area contributed by atoms with Crippen LogP contribution in [0.15, 0.2) is 48.5 Å². The lowest BCUT2D eigenvalue weighted by molar-refractivity contribution is -0.385. The van der Waals surface area contributed by atoms with Gasteiger partial charge in [0.25, 0.3) is 5.91 Å². The fraction of sp³-hybridized carbons (Fsp3) is 0.188. The SMILES string of the molecule is CN(Cc1ccccc1F)C(=O)COc1ccccc1[N+](=O)[O-]. The van der Waals surface area contributed by atoms with Gasteiger partial charge in [-0.2, -0.15) is 0 Å². The Hall–Kier alpha value is -2.96. The van der Waals surface area contributed by atoms with E-state index in [4.69, 9.17) is 4.74 Å². The van der Waals surface area contributed by atoms with Crippen LogP contribution >= 0.6 is 0 Å². The van der Waals surface area contributed by atoms with Crippen molar-refractivity contribution in [1.29, 1.82) is 0 Å². The molecule has 1 amide bonds. The normalized spacial score (nSPS) is 10.2. The molecule has 0 aliphatic heterocycles. The van der Waals surface area contributed by atoms with E-state index in [0.717, 1.165) is 0 Å². The second-order valence-corrected chi connectivity index (χ2v) is 4.85. The van der Waals surface area contributed by atoms with Gasteiger partial charge in [-0.3, -0.25) is 14.9 Å². The van der Waals surface area contributed by atoms with Crippen LogP contribution in [-0.2, 0) is 11.3 Å². The largest absolute Gasteiger partial charge is 0.477 e. The van der Waals surface area contributed by atoms with Gasteiger partial charge in [0.2, 0.25) is 0 Å². The summed E-state index contributed by atoms with van der Waals surface area (Å²) < 4.78 is 18.8. The highest BCUT2D eigenvalue weighted by Gasteiger charge is 2.17. The van der Waals surface area contributed by atoms with Crippen molar-refractivity contribution < 1.29 is 18.8 Å². The lowest BCUT2D eigenvalue weighted by Gasteiger charge is -2.17. The number of hydrogen-bond donors (Lipinski definition) is 0. The fourth-order valence-electron chi connectivity index (χ4n) is 1.95. The second kappa shape index (κ2) is 7.35. The van der Waals surface area contributed by atoms with Crippen LogP contribution in [0.5, 0.6) is 5.75 Å². The first-order valence-corrected chi connectivity index (χ1v) is 6.82. The summed E-state index contributed by atoms with van der Waals surface area (Å²) in [7, 11) is 1.51. The third-order valence-corrected chi connectivity index (χ3v) is 3.20. The molecule has 23 heavy (non-hydrogen) atoms. The standard InChI is InChI=1S/C16H15FN2O4/c1-18(10-12-6-2-3-7-13(12)17)16(20)11-23-15-9-5-4-8-14(15)19(21)22/h2-9H,10-11H2,1H3. The maximum atomic E-state index is 13.6. The minimum absolute atomic E-state index is 0.0186. The Morgan fingerprint density at radius 3 is 2.57 bits per heavy atom. The first-order chi connectivity index (χ1) is 11.0. The average Bonchev–Trinajstić information content (AvgIpc) is 2.54. The van der Waals surface area contributed by atoms with Crippen LogP contribution in [-0.4, -0.2) is 29.4 Å². The highest BCUT2D eigenvalue weighted by molar-refractivity contribution is 5.77. The molecule has 2 aromatic rings. The molecule has 0 atom stereocenters. The maximum Gasteiger partial charge on any atom is 0.310 e. The minimum atomic E-state index is -0.580. The third-order valence-electron chi connectivity index (χ3n) is 3.20. The number of hydrogen-bond acceptors (Lipinski definition) is 4. The van der Waals surface area contributed by atoms with Gasteiger partial charge in [-0.1, -0.05) is 30.3 Å². The molecule has 120 valence electrons. The van der Waals surface area contributed by atoms with Crippen LogP contribution in [0.25, 0.3) is 0 Å². The lowest BCUT2D eigenvalue weighted by atomic mass is 10.2. The molecule has 0 spiro atoms. The highest BCUT2D eigenvalue weighted by atomic mass is 19.1. The molecule has 0 aliphatic rings. The number of ether oxygens (including phenoxy) is 1. The highest BCUT2D eigenvalue weighted by Crippen LogP contribution is 2.25. The van der Waals surface area contributed by atoms with Gasteiger partial charge in [0.05, 0.1) is 4.92 Å². The number of nitrogens with zero attached hydrogens (tertiary/aromatic N) is 2. The molecule has 2 aromatic carbocycles. The molecule has 0 aromatic heterocycles.